The standard InChI is InChI=1S/C21H23N5O3/c1-4-26(5-2)15-11-10-14(18(27)12-15)13-22-23-20(28)19-16-8-6-7-9-17(16)21(29)25(3)24-19/h6-13,27H,4-5H2,1-3H3,(H,23,28)/b22-13+. The summed E-state index contributed by atoms with van der Waals surface area (Å²) >= 11 is 0. The maximum atomic E-state index is 12.5. The van der Waals surface area contributed by atoms with Gasteiger partial charge in [0, 0.05) is 42.8 Å². The third-order valence-corrected chi connectivity index (χ3v) is 4.68. The Morgan fingerprint density at radius 2 is 1.90 bits per heavy atom. The number of phenols is 1. The molecule has 1 aromatic heterocycles. The number of amides is 1. The number of carbonyl (C=O) groups excluding carboxylic acids is 1. The van der Waals surface area contributed by atoms with Gasteiger partial charge >= 0.3 is 0 Å². The lowest BCUT2D eigenvalue weighted by Gasteiger charge is -2.21. The average Bonchev–Trinajstić information content (AvgIpc) is 2.73. The van der Waals surface area contributed by atoms with Crippen molar-refractivity contribution in [2.75, 3.05) is 18.0 Å². The summed E-state index contributed by atoms with van der Waals surface area (Å²) in [6, 6.07) is 12.1. The van der Waals surface area contributed by atoms with Crippen LogP contribution in [-0.2, 0) is 7.05 Å². The molecule has 8 nitrogen and oxygen atoms in total. The van der Waals surface area contributed by atoms with Crippen molar-refractivity contribution < 1.29 is 9.90 Å². The van der Waals surface area contributed by atoms with Gasteiger partial charge in [-0.2, -0.15) is 10.2 Å². The number of nitrogens with zero attached hydrogens (tertiary/aromatic N) is 4. The van der Waals surface area contributed by atoms with Gasteiger partial charge in [0.25, 0.3) is 11.5 Å². The molecule has 0 saturated heterocycles. The van der Waals surface area contributed by atoms with Crippen molar-refractivity contribution in [2.45, 2.75) is 13.8 Å². The third-order valence-electron chi connectivity index (χ3n) is 4.68. The number of anilines is 1. The number of benzene rings is 2. The monoisotopic (exact) mass is 393 g/mol. The Kier molecular flexibility index (Phi) is 5.92. The number of aryl methyl sites for hydroxylation is 1. The van der Waals surface area contributed by atoms with E-state index in [1.807, 2.05) is 19.9 Å². The molecule has 0 bridgehead atoms. The summed E-state index contributed by atoms with van der Waals surface area (Å²) in [7, 11) is 1.49. The normalized spacial score (nSPS) is 11.1. The van der Waals surface area contributed by atoms with Crippen molar-refractivity contribution >= 4 is 28.6 Å². The lowest BCUT2D eigenvalue weighted by Crippen LogP contribution is -2.27. The Balaban J connectivity index is 1.81. The molecule has 1 heterocycles. The van der Waals surface area contributed by atoms with Gasteiger partial charge in [0.1, 0.15) is 5.75 Å². The molecular formula is C21H23N5O3. The van der Waals surface area contributed by atoms with E-state index >= 15 is 0 Å². The number of hydrogen-bond acceptors (Lipinski definition) is 6. The van der Waals surface area contributed by atoms with Gasteiger partial charge in [0.15, 0.2) is 5.69 Å². The Morgan fingerprint density at radius 3 is 2.55 bits per heavy atom. The van der Waals surface area contributed by atoms with E-state index in [1.165, 1.54) is 13.3 Å². The van der Waals surface area contributed by atoms with Crippen LogP contribution in [0, 0.1) is 0 Å². The van der Waals surface area contributed by atoms with Gasteiger partial charge in [-0.3, -0.25) is 9.59 Å². The summed E-state index contributed by atoms with van der Waals surface area (Å²) in [5.74, 6) is -0.481. The fourth-order valence-electron chi connectivity index (χ4n) is 3.11. The zero-order valence-electron chi connectivity index (χ0n) is 16.6. The van der Waals surface area contributed by atoms with E-state index in [-0.39, 0.29) is 17.0 Å². The van der Waals surface area contributed by atoms with Crippen LogP contribution in [-0.4, -0.2) is 40.1 Å². The fourth-order valence-corrected chi connectivity index (χ4v) is 3.11. The Labute approximate surface area is 168 Å². The summed E-state index contributed by atoms with van der Waals surface area (Å²) < 4.78 is 1.12. The minimum Gasteiger partial charge on any atom is -0.507 e. The summed E-state index contributed by atoms with van der Waals surface area (Å²) in [5.41, 5.74) is 3.61. The van der Waals surface area contributed by atoms with Gasteiger partial charge in [-0.15, -0.1) is 0 Å². The Morgan fingerprint density at radius 1 is 1.21 bits per heavy atom. The number of hydrazone groups is 1. The molecule has 29 heavy (non-hydrogen) atoms. The van der Waals surface area contributed by atoms with Crippen molar-refractivity contribution in [1.29, 1.82) is 0 Å². The average molecular weight is 393 g/mol. The molecule has 8 heteroatoms. The number of aromatic hydroxyl groups is 1. The van der Waals surface area contributed by atoms with Gasteiger partial charge in [-0.05, 0) is 32.0 Å². The summed E-state index contributed by atoms with van der Waals surface area (Å²) in [6.07, 6.45) is 1.36. The predicted molar refractivity (Wildman–Crippen MR) is 114 cm³/mol. The van der Waals surface area contributed by atoms with Gasteiger partial charge in [0.05, 0.1) is 11.6 Å². The Hall–Kier alpha value is -3.68. The lowest BCUT2D eigenvalue weighted by atomic mass is 10.1. The topological polar surface area (TPSA) is 99.8 Å². The van der Waals surface area contributed by atoms with Crippen LogP contribution in [0.3, 0.4) is 0 Å². The van der Waals surface area contributed by atoms with E-state index in [2.05, 4.69) is 20.5 Å². The smallest absolute Gasteiger partial charge is 0.292 e. The highest BCUT2D eigenvalue weighted by atomic mass is 16.3. The Bertz CT molecular complexity index is 1130. The number of fused-ring (bicyclic) bond motifs is 1. The van der Waals surface area contributed by atoms with E-state index in [1.54, 1.807) is 36.4 Å². The van der Waals surface area contributed by atoms with Gasteiger partial charge < -0.3 is 10.0 Å². The summed E-state index contributed by atoms with van der Waals surface area (Å²) in [4.78, 5) is 26.8. The molecule has 0 radical (unpaired) electrons. The molecule has 0 aliphatic heterocycles. The molecule has 2 aromatic carbocycles. The van der Waals surface area contributed by atoms with Crippen molar-refractivity contribution in [1.82, 2.24) is 15.2 Å². The van der Waals surface area contributed by atoms with Crippen LogP contribution in [0.15, 0.2) is 52.4 Å². The minimum absolute atomic E-state index is 0.0677. The van der Waals surface area contributed by atoms with Crippen LogP contribution < -0.4 is 15.9 Å². The molecule has 2 N–H and O–H groups in total. The second-order valence-corrected chi connectivity index (χ2v) is 6.44. The zero-order valence-corrected chi connectivity index (χ0v) is 16.6. The van der Waals surface area contributed by atoms with E-state index in [4.69, 9.17) is 0 Å². The molecule has 0 aliphatic rings. The van der Waals surface area contributed by atoms with Crippen LogP contribution in [0.5, 0.6) is 5.75 Å². The second-order valence-electron chi connectivity index (χ2n) is 6.44. The maximum Gasteiger partial charge on any atom is 0.292 e. The molecule has 0 unspecified atom stereocenters. The summed E-state index contributed by atoms with van der Waals surface area (Å²) in [6.45, 7) is 5.76. The van der Waals surface area contributed by atoms with Gasteiger partial charge in [-0.1, -0.05) is 18.2 Å². The molecule has 0 fully saturated rings. The molecule has 0 atom stereocenters. The zero-order chi connectivity index (χ0) is 21.0. The van der Waals surface area contributed by atoms with E-state index in [0.29, 0.717) is 16.3 Å². The van der Waals surface area contributed by atoms with Gasteiger partial charge in [-0.25, -0.2) is 10.1 Å². The van der Waals surface area contributed by atoms with Crippen molar-refractivity contribution in [2.24, 2.45) is 12.1 Å². The lowest BCUT2D eigenvalue weighted by molar-refractivity contribution is 0.0950. The first-order valence-corrected chi connectivity index (χ1v) is 9.33. The SMILES string of the molecule is CCN(CC)c1ccc(/C=N/NC(=O)c2nn(C)c(=O)c3ccccc23)c(O)c1. The number of carbonyl (C=O) groups is 1. The first-order chi connectivity index (χ1) is 14.0. The van der Waals surface area contributed by atoms with Crippen molar-refractivity contribution in [3.8, 4) is 5.75 Å². The largest absolute Gasteiger partial charge is 0.507 e. The molecule has 3 rings (SSSR count). The number of phenolic OH excluding ortho intramolecular Hbond substituents is 1. The minimum atomic E-state index is -0.549. The number of hydrogen-bond donors (Lipinski definition) is 2. The molecule has 3 aromatic rings. The van der Waals surface area contributed by atoms with Crippen molar-refractivity contribution in [3.63, 3.8) is 0 Å². The highest BCUT2D eigenvalue weighted by molar-refractivity contribution is 6.05. The van der Waals surface area contributed by atoms with E-state index in [9.17, 15) is 14.7 Å². The molecule has 1 amide bonds. The molecule has 0 saturated carbocycles. The highest BCUT2D eigenvalue weighted by Gasteiger charge is 2.15. The first-order valence-electron chi connectivity index (χ1n) is 9.33. The first kappa shape index (κ1) is 20.1. The molecule has 0 spiro atoms. The van der Waals surface area contributed by atoms with Crippen LogP contribution in [0.2, 0.25) is 0 Å². The van der Waals surface area contributed by atoms with E-state index < -0.39 is 5.91 Å². The number of rotatable bonds is 6. The number of nitrogens with one attached hydrogen (secondary N) is 1. The van der Waals surface area contributed by atoms with Crippen LogP contribution in [0.25, 0.3) is 10.8 Å². The quantitative estimate of drug-likeness (QED) is 0.494. The summed E-state index contributed by atoms with van der Waals surface area (Å²) in [5, 5.41) is 19.1. The van der Waals surface area contributed by atoms with Crippen LogP contribution >= 0.6 is 0 Å². The highest BCUT2D eigenvalue weighted by Crippen LogP contribution is 2.23. The van der Waals surface area contributed by atoms with Gasteiger partial charge in [0.2, 0.25) is 0 Å². The molecule has 150 valence electrons. The van der Waals surface area contributed by atoms with E-state index in [0.717, 1.165) is 23.5 Å². The molecule has 0 aliphatic carbocycles. The fraction of sp³-hybridized carbons (Fsp3) is 0.238. The predicted octanol–water partition coefficient (Wildman–Crippen LogP) is 2.25. The number of aromatic nitrogens is 2. The molecular weight excluding hydrogens is 370 g/mol. The maximum absolute atomic E-state index is 12.5. The second kappa shape index (κ2) is 8.55. The van der Waals surface area contributed by atoms with Crippen LogP contribution in [0.4, 0.5) is 5.69 Å². The van der Waals surface area contributed by atoms with Crippen LogP contribution in [0.1, 0.15) is 29.9 Å². The third kappa shape index (κ3) is 4.11. The van der Waals surface area contributed by atoms with Crippen molar-refractivity contribution in [3.05, 3.63) is 64.1 Å².